The van der Waals surface area contributed by atoms with Crippen molar-refractivity contribution < 1.29 is 9.18 Å². The predicted molar refractivity (Wildman–Crippen MR) is 94.8 cm³/mol. The zero-order chi connectivity index (χ0) is 17.6. The number of aryl methyl sites for hydroxylation is 1. The lowest BCUT2D eigenvalue weighted by atomic mass is 9.59. The summed E-state index contributed by atoms with van der Waals surface area (Å²) in [5, 5.41) is 7.34. The molecule has 0 bridgehead atoms. The van der Waals surface area contributed by atoms with Crippen LogP contribution in [0.15, 0.2) is 24.3 Å². The molecule has 0 aliphatic heterocycles. The van der Waals surface area contributed by atoms with Crippen LogP contribution in [0.2, 0.25) is 0 Å². The Kier molecular flexibility index (Phi) is 3.78. The zero-order valence-corrected chi connectivity index (χ0v) is 14.4. The maximum atomic E-state index is 13.0. The Hall–Kier alpha value is -2.37. The number of benzene rings is 1. The first kappa shape index (κ1) is 16.1. The van der Waals surface area contributed by atoms with Crippen LogP contribution in [-0.4, -0.2) is 15.7 Å². The van der Waals surface area contributed by atoms with Crippen molar-refractivity contribution in [2.75, 3.05) is 11.1 Å². The van der Waals surface area contributed by atoms with Crippen LogP contribution in [0.1, 0.15) is 60.5 Å². The van der Waals surface area contributed by atoms with E-state index in [2.05, 4.69) is 10.4 Å². The van der Waals surface area contributed by atoms with Crippen LogP contribution in [0.4, 0.5) is 15.9 Å². The van der Waals surface area contributed by atoms with Crippen molar-refractivity contribution in [1.82, 2.24) is 9.78 Å². The summed E-state index contributed by atoms with van der Waals surface area (Å²) in [6, 6.07) is 5.71. The van der Waals surface area contributed by atoms with Gasteiger partial charge in [0.05, 0.1) is 5.69 Å². The number of nitrogens with two attached hydrogens (primary N) is 1. The van der Waals surface area contributed by atoms with Gasteiger partial charge in [0.15, 0.2) is 0 Å². The van der Waals surface area contributed by atoms with Gasteiger partial charge in [-0.2, -0.15) is 5.10 Å². The van der Waals surface area contributed by atoms with Gasteiger partial charge < -0.3 is 11.1 Å². The second-order valence-electron chi connectivity index (χ2n) is 7.54. The van der Waals surface area contributed by atoms with Crippen molar-refractivity contribution in [1.29, 1.82) is 0 Å². The summed E-state index contributed by atoms with van der Waals surface area (Å²) in [4.78, 5) is 12.8. The van der Waals surface area contributed by atoms with E-state index < -0.39 is 0 Å². The third-order valence-corrected chi connectivity index (χ3v) is 5.86. The zero-order valence-electron chi connectivity index (χ0n) is 14.4. The fraction of sp³-hybridized carbons (Fsp3) is 0.474. The van der Waals surface area contributed by atoms with Gasteiger partial charge in [-0.05, 0) is 55.4 Å². The number of nitrogen functional groups attached to an aromatic ring is 1. The van der Waals surface area contributed by atoms with Crippen molar-refractivity contribution in [3.8, 4) is 0 Å². The molecule has 0 saturated heterocycles. The minimum absolute atomic E-state index is 0.278. The maximum absolute atomic E-state index is 13.0. The third-order valence-electron chi connectivity index (χ3n) is 5.86. The fourth-order valence-corrected chi connectivity index (χ4v) is 4.52. The third kappa shape index (κ3) is 2.79. The smallest absolute Gasteiger partial charge is 0.261 e. The molecule has 25 heavy (non-hydrogen) atoms. The lowest BCUT2D eigenvalue weighted by Gasteiger charge is -2.45. The molecule has 4 rings (SSSR count). The largest absolute Gasteiger partial charge is 0.383 e. The topological polar surface area (TPSA) is 72.9 Å². The monoisotopic (exact) mass is 342 g/mol. The van der Waals surface area contributed by atoms with E-state index in [4.69, 9.17) is 5.73 Å². The molecule has 132 valence electrons. The highest BCUT2D eigenvalue weighted by molar-refractivity contribution is 6.08. The highest BCUT2D eigenvalue weighted by Crippen LogP contribution is 2.59. The molecule has 6 heteroatoms. The Labute approximate surface area is 146 Å². The summed E-state index contributed by atoms with van der Waals surface area (Å²) < 4.78 is 14.6. The highest BCUT2D eigenvalue weighted by Gasteiger charge is 2.48. The Morgan fingerprint density at radius 3 is 2.56 bits per heavy atom. The number of nitrogens with one attached hydrogen (secondary N) is 1. The van der Waals surface area contributed by atoms with Crippen LogP contribution in [0.3, 0.4) is 0 Å². The molecule has 2 aromatic rings. The minimum atomic E-state index is -0.337. The number of halogens is 1. The molecule has 1 spiro atoms. The SMILES string of the molecule is Cn1nc(C2CC3(CCCC3)C2)c(C(=O)Nc2ccc(F)cc2)c1N. The van der Waals surface area contributed by atoms with Gasteiger partial charge in [0, 0.05) is 18.7 Å². The van der Waals surface area contributed by atoms with Gasteiger partial charge in [0.25, 0.3) is 5.91 Å². The molecule has 0 radical (unpaired) electrons. The molecular formula is C19H23FN4O. The summed E-state index contributed by atoms with van der Waals surface area (Å²) in [5.41, 5.74) is 8.41. The van der Waals surface area contributed by atoms with Gasteiger partial charge in [0.2, 0.25) is 0 Å². The Bertz CT molecular complexity index is 798. The summed E-state index contributed by atoms with van der Waals surface area (Å²) >= 11 is 0. The number of carbonyl (C=O) groups excluding carboxylic acids is 1. The van der Waals surface area contributed by atoms with Crippen molar-refractivity contribution >= 4 is 17.4 Å². The molecular weight excluding hydrogens is 319 g/mol. The minimum Gasteiger partial charge on any atom is -0.383 e. The maximum Gasteiger partial charge on any atom is 0.261 e. The molecule has 1 heterocycles. The average Bonchev–Trinajstić information content (AvgIpc) is 3.14. The van der Waals surface area contributed by atoms with E-state index in [1.165, 1.54) is 49.9 Å². The van der Waals surface area contributed by atoms with E-state index in [0.717, 1.165) is 18.5 Å². The number of rotatable bonds is 3. The summed E-state index contributed by atoms with van der Waals surface area (Å²) in [6.45, 7) is 0. The summed E-state index contributed by atoms with van der Waals surface area (Å²) in [7, 11) is 1.76. The molecule has 0 atom stereocenters. The first-order valence-corrected chi connectivity index (χ1v) is 8.87. The van der Waals surface area contributed by atoms with Gasteiger partial charge in [0.1, 0.15) is 17.2 Å². The highest BCUT2D eigenvalue weighted by atomic mass is 19.1. The lowest BCUT2D eigenvalue weighted by Crippen LogP contribution is -2.34. The first-order valence-electron chi connectivity index (χ1n) is 8.87. The second-order valence-corrected chi connectivity index (χ2v) is 7.54. The van der Waals surface area contributed by atoms with E-state index >= 15 is 0 Å². The summed E-state index contributed by atoms with van der Waals surface area (Å²) in [6.07, 6.45) is 7.41. The molecule has 2 aliphatic carbocycles. The van der Waals surface area contributed by atoms with E-state index in [-0.39, 0.29) is 11.7 Å². The van der Waals surface area contributed by atoms with Gasteiger partial charge >= 0.3 is 0 Å². The van der Waals surface area contributed by atoms with Gasteiger partial charge in [-0.3, -0.25) is 9.48 Å². The van der Waals surface area contributed by atoms with E-state index in [1.807, 2.05) is 0 Å². The summed E-state index contributed by atoms with van der Waals surface area (Å²) in [5.74, 6) is 0.0630. The fourth-order valence-electron chi connectivity index (χ4n) is 4.52. The Morgan fingerprint density at radius 2 is 1.92 bits per heavy atom. The van der Waals surface area contributed by atoms with Crippen molar-refractivity contribution in [3.63, 3.8) is 0 Å². The Morgan fingerprint density at radius 1 is 1.28 bits per heavy atom. The lowest BCUT2D eigenvalue weighted by molar-refractivity contribution is 0.0987. The van der Waals surface area contributed by atoms with Crippen molar-refractivity contribution in [2.45, 2.75) is 44.4 Å². The molecule has 1 aromatic carbocycles. The number of carbonyl (C=O) groups is 1. The number of hydrogen-bond donors (Lipinski definition) is 2. The van der Waals surface area contributed by atoms with Crippen LogP contribution in [0, 0.1) is 11.2 Å². The van der Waals surface area contributed by atoms with E-state index in [9.17, 15) is 9.18 Å². The molecule has 2 aliphatic rings. The van der Waals surface area contributed by atoms with E-state index in [1.54, 1.807) is 11.7 Å². The molecule has 0 unspecified atom stereocenters. The van der Waals surface area contributed by atoms with Crippen molar-refractivity contribution in [3.05, 3.63) is 41.3 Å². The Balaban J connectivity index is 1.56. The first-order chi connectivity index (χ1) is 12.0. The molecule has 3 N–H and O–H groups in total. The van der Waals surface area contributed by atoms with Crippen LogP contribution in [-0.2, 0) is 7.05 Å². The van der Waals surface area contributed by atoms with Gasteiger partial charge in [-0.25, -0.2) is 4.39 Å². The normalized spacial score (nSPS) is 19.1. The van der Waals surface area contributed by atoms with Crippen LogP contribution in [0.25, 0.3) is 0 Å². The number of nitrogens with zero attached hydrogens (tertiary/aromatic N) is 2. The number of aromatic nitrogens is 2. The van der Waals surface area contributed by atoms with Crippen LogP contribution in [0.5, 0.6) is 0 Å². The molecule has 2 saturated carbocycles. The van der Waals surface area contributed by atoms with Crippen LogP contribution >= 0.6 is 0 Å². The average molecular weight is 342 g/mol. The van der Waals surface area contributed by atoms with Crippen molar-refractivity contribution in [2.24, 2.45) is 12.5 Å². The number of anilines is 2. The second kappa shape index (κ2) is 5.86. The molecule has 1 aromatic heterocycles. The standard InChI is InChI=1S/C19H23FN4O/c1-24-17(21)15(18(25)22-14-6-4-13(20)5-7-14)16(23-24)12-10-19(11-12)8-2-3-9-19/h4-7,12H,2-3,8-11,21H2,1H3,(H,22,25). The number of amides is 1. The quantitative estimate of drug-likeness (QED) is 0.890. The number of hydrogen-bond acceptors (Lipinski definition) is 3. The molecule has 2 fully saturated rings. The van der Waals surface area contributed by atoms with E-state index in [0.29, 0.717) is 28.4 Å². The van der Waals surface area contributed by atoms with Gasteiger partial charge in [-0.1, -0.05) is 12.8 Å². The van der Waals surface area contributed by atoms with Gasteiger partial charge in [-0.15, -0.1) is 0 Å². The predicted octanol–water partition coefficient (Wildman–Crippen LogP) is 3.83. The van der Waals surface area contributed by atoms with Crippen LogP contribution < -0.4 is 11.1 Å². The molecule has 5 nitrogen and oxygen atoms in total. The molecule has 1 amide bonds.